The minimum atomic E-state index is 0.599. The number of hydrogen-bond donors (Lipinski definition) is 1. The molecule has 5 heteroatoms. The first-order valence-corrected chi connectivity index (χ1v) is 7.27. The van der Waals surface area contributed by atoms with Gasteiger partial charge in [0.15, 0.2) is 0 Å². The van der Waals surface area contributed by atoms with Crippen LogP contribution in [0.4, 0.5) is 11.5 Å². The highest BCUT2D eigenvalue weighted by Crippen LogP contribution is 2.19. The summed E-state index contributed by atoms with van der Waals surface area (Å²) >= 11 is 0. The normalized spacial score (nSPS) is 10.4. The van der Waals surface area contributed by atoms with Gasteiger partial charge in [0.25, 0.3) is 0 Å². The maximum atomic E-state index is 5.73. The highest BCUT2D eigenvalue weighted by Gasteiger charge is 2.09. The zero-order valence-corrected chi connectivity index (χ0v) is 12.6. The van der Waals surface area contributed by atoms with Gasteiger partial charge in [-0.15, -0.1) is 0 Å². The molecule has 1 heterocycles. The molecule has 0 spiro atoms. The van der Waals surface area contributed by atoms with Crippen LogP contribution in [0.2, 0.25) is 0 Å². The van der Waals surface area contributed by atoms with Crippen LogP contribution >= 0.6 is 0 Å². The van der Waals surface area contributed by atoms with Crippen LogP contribution in [-0.4, -0.2) is 23.1 Å². The molecule has 2 rings (SSSR count). The summed E-state index contributed by atoms with van der Waals surface area (Å²) in [4.78, 5) is 10.7. The number of aromatic nitrogens is 2. The summed E-state index contributed by atoms with van der Waals surface area (Å²) in [5, 5.41) is 0. The van der Waals surface area contributed by atoms with E-state index in [0.29, 0.717) is 12.5 Å². The molecule has 0 amide bonds. The number of nitrogens with zero attached hydrogens (tertiary/aromatic N) is 3. The van der Waals surface area contributed by atoms with Gasteiger partial charge >= 0.3 is 0 Å². The Morgan fingerprint density at radius 3 is 2.57 bits per heavy atom. The number of rotatable bonds is 7. The van der Waals surface area contributed by atoms with Gasteiger partial charge < -0.3 is 15.4 Å². The van der Waals surface area contributed by atoms with Crippen molar-refractivity contribution in [1.82, 2.24) is 9.97 Å². The van der Waals surface area contributed by atoms with Crippen molar-refractivity contribution in [1.29, 1.82) is 0 Å². The summed E-state index contributed by atoms with van der Waals surface area (Å²) < 4.78 is 5.45. The Bertz CT molecular complexity index is 556. The molecule has 0 saturated carbocycles. The molecule has 0 fully saturated rings. The third-order valence-corrected chi connectivity index (χ3v) is 3.09. The maximum Gasteiger partial charge on any atom is 0.218 e. The predicted octanol–water partition coefficient (Wildman–Crippen LogP) is 2.87. The van der Waals surface area contributed by atoms with E-state index in [9.17, 15) is 0 Å². The Balaban J connectivity index is 2.17. The number of anilines is 2. The molecule has 5 nitrogen and oxygen atoms in total. The summed E-state index contributed by atoms with van der Waals surface area (Å²) in [5.41, 5.74) is 7.71. The van der Waals surface area contributed by atoms with Gasteiger partial charge in [-0.1, -0.05) is 19.1 Å². The standard InChI is InChI=1S/C16H22N4O/c1-3-9-20(11-13-5-7-14(17)8-6-13)15-10-16(21-4-2)19-12-18-15/h5-8,10,12H,3-4,9,11,17H2,1-2H3. The Morgan fingerprint density at radius 1 is 1.14 bits per heavy atom. The van der Waals surface area contributed by atoms with Crippen molar-refractivity contribution in [2.75, 3.05) is 23.8 Å². The smallest absolute Gasteiger partial charge is 0.218 e. The molecule has 0 bridgehead atoms. The molecule has 2 N–H and O–H groups in total. The first-order valence-electron chi connectivity index (χ1n) is 7.27. The fraction of sp³-hybridized carbons (Fsp3) is 0.375. The number of benzene rings is 1. The number of hydrogen-bond acceptors (Lipinski definition) is 5. The van der Waals surface area contributed by atoms with Gasteiger partial charge in [-0.05, 0) is 31.0 Å². The fourth-order valence-electron chi connectivity index (χ4n) is 2.12. The molecule has 2 aromatic rings. The van der Waals surface area contributed by atoms with Crippen LogP contribution < -0.4 is 15.4 Å². The zero-order chi connectivity index (χ0) is 15.1. The number of ether oxygens (including phenoxy) is 1. The second kappa shape index (κ2) is 7.47. The summed E-state index contributed by atoms with van der Waals surface area (Å²) in [7, 11) is 0. The van der Waals surface area contributed by atoms with E-state index in [1.54, 1.807) is 6.33 Å². The van der Waals surface area contributed by atoms with Crippen molar-refractivity contribution in [3.63, 3.8) is 0 Å². The quantitative estimate of drug-likeness (QED) is 0.793. The van der Waals surface area contributed by atoms with E-state index >= 15 is 0 Å². The van der Waals surface area contributed by atoms with Gasteiger partial charge in [0.05, 0.1) is 6.61 Å². The molecule has 0 radical (unpaired) electrons. The molecule has 0 aliphatic heterocycles. The zero-order valence-electron chi connectivity index (χ0n) is 12.6. The lowest BCUT2D eigenvalue weighted by Gasteiger charge is -2.23. The largest absolute Gasteiger partial charge is 0.478 e. The van der Waals surface area contributed by atoms with Crippen molar-refractivity contribution < 1.29 is 4.74 Å². The monoisotopic (exact) mass is 286 g/mol. The van der Waals surface area contributed by atoms with E-state index in [0.717, 1.165) is 31.0 Å². The van der Waals surface area contributed by atoms with Crippen LogP contribution in [0.3, 0.4) is 0 Å². The molecule has 0 unspecified atom stereocenters. The summed E-state index contributed by atoms with van der Waals surface area (Å²) in [6.07, 6.45) is 2.59. The molecule has 0 atom stereocenters. The highest BCUT2D eigenvalue weighted by molar-refractivity contribution is 5.44. The average molecular weight is 286 g/mol. The summed E-state index contributed by atoms with van der Waals surface area (Å²) in [6.45, 7) is 6.41. The third kappa shape index (κ3) is 4.34. The topological polar surface area (TPSA) is 64.3 Å². The maximum absolute atomic E-state index is 5.73. The second-order valence-corrected chi connectivity index (χ2v) is 4.81. The summed E-state index contributed by atoms with van der Waals surface area (Å²) in [6, 6.07) is 9.82. The Kier molecular flexibility index (Phi) is 5.37. The van der Waals surface area contributed by atoms with Crippen LogP contribution in [0, 0.1) is 0 Å². The van der Waals surface area contributed by atoms with Crippen LogP contribution in [0.25, 0.3) is 0 Å². The molecule has 0 aliphatic carbocycles. The molecule has 0 aliphatic rings. The van der Waals surface area contributed by atoms with Crippen molar-refractivity contribution in [3.05, 3.63) is 42.2 Å². The molecular weight excluding hydrogens is 264 g/mol. The van der Waals surface area contributed by atoms with E-state index in [1.807, 2.05) is 37.3 Å². The number of nitrogens with two attached hydrogens (primary N) is 1. The van der Waals surface area contributed by atoms with Gasteiger partial charge in [-0.25, -0.2) is 9.97 Å². The molecule has 21 heavy (non-hydrogen) atoms. The first-order chi connectivity index (χ1) is 10.2. The van der Waals surface area contributed by atoms with Crippen LogP contribution in [-0.2, 0) is 6.54 Å². The lowest BCUT2D eigenvalue weighted by molar-refractivity contribution is 0.326. The van der Waals surface area contributed by atoms with E-state index in [2.05, 4.69) is 21.8 Å². The fourth-order valence-corrected chi connectivity index (χ4v) is 2.12. The van der Waals surface area contributed by atoms with Crippen molar-refractivity contribution in [2.24, 2.45) is 0 Å². The first kappa shape index (κ1) is 15.1. The summed E-state index contributed by atoms with van der Waals surface area (Å²) in [5.74, 6) is 1.49. The minimum absolute atomic E-state index is 0.599. The van der Waals surface area contributed by atoms with Gasteiger partial charge in [-0.3, -0.25) is 0 Å². The molecule has 1 aromatic heterocycles. The molecule has 1 aromatic carbocycles. The van der Waals surface area contributed by atoms with E-state index in [1.165, 1.54) is 5.56 Å². The van der Waals surface area contributed by atoms with Crippen molar-refractivity contribution >= 4 is 11.5 Å². The van der Waals surface area contributed by atoms with Crippen LogP contribution in [0.1, 0.15) is 25.8 Å². The number of nitrogen functional groups attached to an aromatic ring is 1. The van der Waals surface area contributed by atoms with Crippen LogP contribution in [0.5, 0.6) is 5.88 Å². The second-order valence-electron chi connectivity index (χ2n) is 4.81. The SMILES string of the molecule is CCCN(Cc1ccc(N)cc1)c1cc(OCC)ncn1. The van der Waals surface area contributed by atoms with Crippen molar-refractivity contribution in [2.45, 2.75) is 26.8 Å². The van der Waals surface area contributed by atoms with E-state index in [4.69, 9.17) is 10.5 Å². The Morgan fingerprint density at radius 2 is 1.90 bits per heavy atom. The van der Waals surface area contributed by atoms with E-state index in [-0.39, 0.29) is 0 Å². The van der Waals surface area contributed by atoms with E-state index < -0.39 is 0 Å². The predicted molar refractivity (Wildman–Crippen MR) is 85.4 cm³/mol. The Hall–Kier alpha value is -2.30. The Labute approximate surface area is 125 Å². The van der Waals surface area contributed by atoms with Gasteiger partial charge in [-0.2, -0.15) is 0 Å². The third-order valence-electron chi connectivity index (χ3n) is 3.09. The molecule has 0 saturated heterocycles. The highest BCUT2D eigenvalue weighted by atomic mass is 16.5. The van der Waals surface area contributed by atoms with Gasteiger partial charge in [0.1, 0.15) is 12.1 Å². The van der Waals surface area contributed by atoms with Gasteiger partial charge in [0, 0.05) is 24.8 Å². The lowest BCUT2D eigenvalue weighted by Crippen LogP contribution is -2.24. The molecular formula is C16H22N4O. The minimum Gasteiger partial charge on any atom is -0.478 e. The van der Waals surface area contributed by atoms with Crippen LogP contribution in [0.15, 0.2) is 36.7 Å². The average Bonchev–Trinajstić information content (AvgIpc) is 2.50. The van der Waals surface area contributed by atoms with Crippen molar-refractivity contribution in [3.8, 4) is 5.88 Å². The molecule has 112 valence electrons. The lowest BCUT2D eigenvalue weighted by atomic mass is 10.2. The van der Waals surface area contributed by atoms with Gasteiger partial charge in [0.2, 0.25) is 5.88 Å².